The number of unbranched alkanes of at least 4 members (excludes halogenated alkanes) is 2. The molecule has 0 spiro atoms. The number of allylic oxidation sites excluding steroid dienone is 1. The molecule has 72 valence electrons. The van der Waals surface area contributed by atoms with Crippen molar-refractivity contribution < 1.29 is 5.11 Å². The molecule has 0 bridgehead atoms. The van der Waals surface area contributed by atoms with Crippen LogP contribution in [0.1, 0.15) is 52.9 Å². The Morgan fingerprint density at radius 2 is 2.00 bits per heavy atom. The van der Waals surface area contributed by atoms with Crippen molar-refractivity contribution in [2.24, 2.45) is 0 Å². The van der Waals surface area contributed by atoms with Gasteiger partial charge in [-0.1, -0.05) is 39.2 Å². The third-order valence-electron chi connectivity index (χ3n) is 2.13. The number of aliphatic hydroxyl groups excluding tert-OH is 1. The van der Waals surface area contributed by atoms with Crippen LogP contribution in [0, 0.1) is 0 Å². The minimum absolute atomic E-state index is 0.198. The van der Waals surface area contributed by atoms with Crippen molar-refractivity contribution in [1.29, 1.82) is 0 Å². The topological polar surface area (TPSA) is 20.2 Å². The SMILES string of the molecule is CC/C=C(/C)[C@@H](O)CCCCC. The highest BCUT2D eigenvalue weighted by Gasteiger charge is 2.04. The lowest BCUT2D eigenvalue weighted by atomic mass is 10.0. The third kappa shape index (κ3) is 5.36. The van der Waals surface area contributed by atoms with Crippen molar-refractivity contribution in [1.82, 2.24) is 0 Å². The molecule has 1 nitrogen and oxygen atoms in total. The molecular formula is C11H22O. The molecule has 0 aliphatic rings. The fourth-order valence-corrected chi connectivity index (χ4v) is 1.27. The molecule has 0 amide bonds. The predicted molar refractivity (Wildman–Crippen MR) is 54.2 cm³/mol. The molecule has 1 atom stereocenters. The Balaban J connectivity index is 3.56. The molecule has 0 aromatic heterocycles. The second-order valence-electron chi connectivity index (χ2n) is 3.37. The monoisotopic (exact) mass is 170 g/mol. The quantitative estimate of drug-likeness (QED) is 0.479. The maximum absolute atomic E-state index is 9.61. The van der Waals surface area contributed by atoms with Crippen molar-refractivity contribution in [3.63, 3.8) is 0 Å². The Kier molecular flexibility index (Phi) is 7.17. The van der Waals surface area contributed by atoms with E-state index in [0.717, 1.165) is 24.8 Å². The van der Waals surface area contributed by atoms with Gasteiger partial charge in [0.1, 0.15) is 0 Å². The number of hydrogen-bond acceptors (Lipinski definition) is 1. The van der Waals surface area contributed by atoms with Gasteiger partial charge < -0.3 is 5.11 Å². The first-order valence-electron chi connectivity index (χ1n) is 5.07. The zero-order valence-electron chi connectivity index (χ0n) is 8.64. The van der Waals surface area contributed by atoms with Gasteiger partial charge in [-0.15, -0.1) is 0 Å². The standard InChI is InChI=1S/C11H22O/c1-4-6-7-9-11(12)10(3)8-5-2/h8,11-12H,4-7,9H2,1-3H3/b10-8-/t11-/m0/s1. The van der Waals surface area contributed by atoms with E-state index in [1.807, 2.05) is 6.92 Å². The minimum atomic E-state index is -0.198. The van der Waals surface area contributed by atoms with Gasteiger partial charge in [0.15, 0.2) is 0 Å². The van der Waals surface area contributed by atoms with Crippen LogP contribution in [0.15, 0.2) is 11.6 Å². The van der Waals surface area contributed by atoms with Gasteiger partial charge in [-0.3, -0.25) is 0 Å². The molecule has 0 unspecified atom stereocenters. The summed E-state index contributed by atoms with van der Waals surface area (Å²) < 4.78 is 0. The first-order chi connectivity index (χ1) is 5.72. The molecule has 0 aromatic carbocycles. The Morgan fingerprint density at radius 3 is 2.50 bits per heavy atom. The average Bonchev–Trinajstić information content (AvgIpc) is 2.05. The summed E-state index contributed by atoms with van der Waals surface area (Å²) in [6, 6.07) is 0. The maximum Gasteiger partial charge on any atom is 0.0747 e. The van der Waals surface area contributed by atoms with Crippen LogP contribution in [0.2, 0.25) is 0 Å². The van der Waals surface area contributed by atoms with Crippen molar-refractivity contribution in [3.8, 4) is 0 Å². The van der Waals surface area contributed by atoms with E-state index in [4.69, 9.17) is 0 Å². The summed E-state index contributed by atoms with van der Waals surface area (Å²) in [5.74, 6) is 0. The molecule has 0 heterocycles. The normalized spacial score (nSPS) is 14.8. The maximum atomic E-state index is 9.61. The molecule has 0 saturated heterocycles. The van der Waals surface area contributed by atoms with E-state index in [2.05, 4.69) is 19.9 Å². The Bertz CT molecular complexity index is 127. The molecule has 0 aliphatic carbocycles. The number of rotatable bonds is 6. The summed E-state index contributed by atoms with van der Waals surface area (Å²) in [7, 11) is 0. The van der Waals surface area contributed by atoms with Crippen LogP contribution in [0.3, 0.4) is 0 Å². The summed E-state index contributed by atoms with van der Waals surface area (Å²) in [6.07, 6.45) is 7.46. The minimum Gasteiger partial charge on any atom is -0.389 e. The van der Waals surface area contributed by atoms with Gasteiger partial charge in [-0.2, -0.15) is 0 Å². The van der Waals surface area contributed by atoms with Crippen LogP contribution >= 0.6 is 0 Å². The molecule has 0 radical (unpaired) electrons. The van der Waals surface area contributed by atoms with E-state index in [-0.39, 0.29) is 6.10 Å². The highest BCUT2D eigenvalue weighted by molar-refractivity contribution is 5.03. The zero-order chi connectivity index (χ0) is 9.40. The van der Waals surface area contributed by atoms with E-state index in [9.17, 15) is 5.11 Å². The van der Waals surface area contributed by atoms with Gasteiger partial charge in [0.25, 0.3) is 0 Å². The highest BCUT2D eigenvalue weighted by Crippen LogP contribution is 2.11. The lowest BCUT2D eigenvalue weighted by molar-refractivity contribution is 0.196. The van der Waals surface area contributed by atoms with Gasteiger partial charge in [0.05, 0.1) is 6.10 Å². The molecule has 0 fully saturated rings. The summed E-state index contributed by atoms with van der Waals surface area (Å²) in [5.41, 5.74) is 1.13. The van der Waals surface area contributed by atoms with Gasteiger partial charge in [0.2, 0.25) is 0 Å². The molecular weight excluding hydrogens is 148 g/mol. The summed E-state index contributed by atoms with van der Waals surface area (Å²) in [5, 5.41) is 9.61. The van der Waals surface area contributed by atoms with Crippen LogP contribution in [0.5, 0.6) is 0 Å². The van der Waals surface area contributed by atoms with Crippen molar-refractivity contribution >= 4 is 0 Å². The lowest BCUT2D eigenvalue weighted by Gasteiger charge is -2.10. The predicted octanol–water partition coefficient (Wildman–Crippen LogP) is 3.28. The van der Waals surface area contributed by atoms with E-state index in [1.165, 1.54) is 12.8 Å². The first kappa shape index (κ1) is 11.7. The Labute approximate surface area is 76.5 Å². The summed E-state index contributed by atoms with van der Waals surface area (Å²) in [6.45, 7) is 6.30. The van der Waals surface area contributed by atoms with Gasteiger partial charge in [0, 0.05) is 0 Å². The molecule has 0 aliphatic heterocycles. The van der Waals surface area contributed by atoms with Crippen molar-refractivity contribution in [2.75, 3.05) is 0 Å². The molecule has 1 N–H and O–H groups in total. The highest BCUT2D eigenvalue weighted by atomic mass is 16.3. The van der Waals surface area contributed by atoms with E-state index >= 15 is 0 Å². The van der Waals surface area contributed by atoms with E-state index in [1.54, 1.807) is 0 Å². The fraction of sp³-hybridized carbons (Fsp3) is 0.818. The molecule has 0 saturated carbocycles. The molecule has 0 aromatic rings. The fourth-order valence-electron chi connectivity index (χ4n) is 1.27. The van der Waals surface area contributed by atoms with Crippen molar-refractivity contribution in [2.45, 2.75) is 59.0 Å². The zero-order valence-corrected chi connectivity index (χ0v) is 8.64. The van der Waals surface area contributed by atoms with E-state index in [0.29, 0.717) is 0 Å². The van der Waals surface area contributed by atoms with E-state index < -0.39 is 0 Å². The van der Waals surface area contributed by atoms with Crippen LogP contribution in [-0.4, -0.2) is 11.2 Å². The molecule has 1 heteroatoms. The molecule has 0 rings (SSSR count). The smallest absolute Gasteiger partial charge is 0.0747 e. The lowest BCUT2D eigenvalue weighted by Crippen LogP contribution is -2.07. The average molecular weight is 170 g/mol. The van der Waals surface area contributed by atoms with Crippen LogP contribution in [0.4, 0.5) is 0 Å². The number of hydrogen-bond donors (Lipinski definition) is 1. The second-order valence-corrected chi connectivity index (χ2v) is 3.37. The summed E-state index contributed by atoms with van der Waals surface area (Å²) in [4.78, 5) is 0. The van der Waals surface area contributed by atoms with Crippen LogP contribution in [-0.2, 0) is 0 Å². The van der Waals surface area contributed by atoms with Gasteiger partial charge >= 0.3 is 0 Å². The second kappa shape index (κ2) is 7.35. The Morgan fingerprint density at radius 1 is 1.33 bits per heavy atom. The largest absolute Gasteiger partial charge is 0.389 e. The first-order valence-corrected chi connectivity index (χ1v) is 5.07. The van der Waals surface area contributed by atoms with Gasteiger partial charge in [-0.05, 0) is 25.3 Å². The third-order valence-corrected chi connectivity index (χ3v) is 2.13. The van der Waals surface area contributed by atoms with Gasteiger partial charge in [-0.25, -0.2) is 0 Å². The van der Waals surface area contributed by atoms with Crippen LogP contribution in [0.25, 0.3) is 0 Å². The Hall–Kier alpha value is -0.300. The summed E-state index contributed by atoms with van der Waals surface area (Å²) >= 11 is 0. The van der Waals surface area contributed by atoms with Crippen LogP contribution < -0.4 is 0 Å². The number of aliphatic hydroxyl groups is 1. The van der Waals surface area contributed by atoms with Crippen molar-refractivity contribution in [3.05, 3.63) is 11.6 Å². The molecule has 12 heavy (non-hydrogen) atoms.